The van der Waals surface area contributed by atoms with Crippen LogP contribution in [0.5, 0.6) is 0 Å². The van der Waals surface area contributed by atoms with E-state index < -0.39 is 0 Å². The van der Waals surface area contributed by atoms with Gasteiger partial charge in [-0.05, 0) is 41.3 Å². The molecular formula is C24H22. The van der Waals surface area contributed by atoms with Crippen molar-refractivity contribution in [1.82, 2.24) is 0 Å². The van der Waals surface area contributed by atoms with Gasteiger partial charge in [0.1, 0.15) is 0 Å². The van der Waals surface area contributed by atoms with Gasteiger partial charge in [-0.2, -0.15) is 0 Å². The molecule has 0 heteroatoms. The number of fused-ring (bicyclic) bond motifs is 1. The molecule has 0 aliphatic rings. The molecule has 0 aliphatic carbocycles. The van der Waals surface area contributed by atoms with Crippen molar-refractivity contribution in [2.24, 2.45) is 0 Å². The Morgan fingerprint density at radius 3 is 1.88 bits per heavy atom. The van der Waals surface area contributed by atoms with E-state index in [4.69, 9.17) is 0 Å². The highest BCUT2D eigenvalue weighted by atomic mass is 14.0. The van der Waals surface area contributed by atoms with Crippen molar-refractivity contribution in [2.45, 2.75) is 13.8 Å². The third kappa shape index (κ3) is 3.91. The summed E-state index contributed by atoms with van der Waals surface area (Å²) >= 11 is 0. The van der Waals surface area contributed by atoms with Gasteiger partial charge >= 0.3 is 0 Å². The van der Waals surface area contributed by atoms with E-state index in [0.717, 1.165) is 0 Å². The number of hydrogen-bond donors (Lipinski definition) is 0. The minimum absolute atomic E-state index is 1.28. The first-order chi connectivity index (χ1) is 11.7. The van der Waals surface area contributed by atoms with Crippen LogP contribution in [-0.2, 0) is 0 Å². The molecule has 0 unspecified atom stereocenters. The van der Waals surface area contributed by atoms with Crippen LogP contribution in [0.25, 0.3) is 21.9 Å². The van der Waals surface area contributed by atoms with Gasteiger partial charge in [-0.15, -0.1) is 0 Å². The SMILES string of the molecule is Cc1cccc(-c2ccccc2)c1.Cc1cccc2ccccc12. The van der Waals surface area contributed by atoms with E-state index in [1.54, 1.807) is 0 Å². The van der Waals surface area contributed by atoms with E-state index in [0.29, 0.717) is 0 Å². The fourth-order valence-electron chi connectivity index (χ4n) is 2.84. The lowest BCUT2D eigenvalue weighted by Crippen LogP contribution is -1.77. The third-order valence-electron chi connectivity index (χ3n) is 4.13. The summed E-state index contributed by atoms with van der Waals surface area (Å²) in [7, 11) is 0. The summed E-state index contributed by atoms with van der Waals surface area (Å²) in [5, 5.41) is 2.68. The highest BCUT2D eigenvalue weighted by molar-refractivity contribution is 5.85. The van der Waals surface area contributed by atoms with E-state index >= 15 is 0 Å². The second-order valence-corrected chi connectivity index (χ2v) is 6.03. The largest absolute Gasteiger partial charge is 0.0622 e. The first-order valence-electron chi connectivity index (χ1n) is 8.30. The molecule has 0 fully saturated rings. The summed E-state index contributed by atoms with van der Waals surface area (Å²) in [6.45, 7) is 4.26. The summed E-state index contributed by atoms with van der Waals surface area (Å²) in [6.07, 6.45) is 0. The van der Waals surface area contributed by atoms with Crippen LogP contribution in [-0.4, -0.2) is 0 Å². The second-order valence-electron chi connectivity index (χ2n) is 6.03. The molecule has 0 saturated heterocycles. The summed E-state index contributed by atoms with van der Waals surface area (Å²) in [4.78, 5) is 0. The Morgan fingerprint density at radius 1 is 0.500 bits per heavy atom. The number of benzene rings is 4. The topological polar surface area (TPSA) is 0 Å². The first-order valence-corrected chi connectivity index (χ1v) is 8.30. The molecule has 4 aromatic carbocycles. The lowest BCUT2D eigenvalue weighted by Gasteiger charge is -2.01. The molecule has 118 valence electrons. The van der Waals surface area contributed by atoms with E-state index in [-0.39, 0.29) is 0 Å². The van der Waals surface area contributed by atoms with E-state index in [9.17, 15) is 0 Å². The van der Waals surface area contributed by atoms with Crippen LogP contribution >= 0.6 is 0 Å². The zero-order chi connectivity index (χ0) is 16.8. The summed E-state index contributed by atoms with van der Waals surface area (Å²) < 4.78 is 0. The van der Waals surface area contributed by atoms with E-state index in [1.807, 2.05) is 6.07 Å². The Kier molecular flexibility index (Phi) is 5.08. The maximum Gasteiger partial charge on any atom is -0.0155 e. The van der Waals surface area contributed by atoms with Crippen LogP contribution in [0.4, 0.5) is 0 Å². The zero-order valence-corrected chi connectivity index (χ0v) is 14.2. The van der Waals surface area contributed by atoms with Crippen molar-refractivity contribution in [2.75, 3.05) is 0 Å². The van der Waals surface area contributed by atoms with Gasteiger partial charge in [-0.25, -0.2) is 0 Å². The molecule has 4 aromatic rings. The summed E-state index contributed by atoms with van der Waals surface area (Å²) in [5.41, 5.74) is 5.23. The Bertz CT molecular complexity index is 915. The predicted molar refractivity (Wildman–Crippen MR) is 105 cm³/mol. The van der Waals surface area contributed by atoms with Crippen LogP contribution in [0.3, 0.4) is 0 Å². The number of hydrogen-bond acceptors (Lipinski definition) is 0. The third-order valence-corrected chi connectivity index (χ3v) is 4.13. The van der Waals surface area contributed by atoms with Crippen molar-refractivity contribution in [1.29, 1.82) is 0 Å². The normalized spacial score (nSPS) is 10.1. The minimum atomic E-state index is 1.28. The molecule has 0 atom stereocenters. The molecular weight excluding hydrogens is 288 g/mol. The molecule has 0 heterocycles. The van der Waals surface area contributed by atoms with Crippen LogP contribution in [0.1, 0.15) is 11.1 Å². The fraction of sp³-hybridized carbons (Fsp3) is 0.0833. The molecule has 0 N–H and O–H groups in total. The lowest BCUT2D eigenvalue weighted by molar-refractivity contribution is 1.47. The van der Waals surface area contributed by atoms with Crippen molar-refractivity contribution < 1.29 is 0 Å². The molecule has 0 radical (unpaired) electrons. The molecule has 24 heavy (non-hydrogen) atoms. The molecule has 0 saturated carbocycles. The molecule has 0 spiro atoms. The molecule has 0 nitrogen and oxygen atoms in total. The monoisotopic (exact) mass is 310 g/mol. The average Bonchev–Trinajstić information content (AvgIpc) is 2.64. The van der Waals surface area contributed by atoms with Crippen LogP contribution in [0.2, 0.25) is 0 Å². The van der Waals surface area contributed by atoms with Crippen molar-refractivity contribution >= 4 is 10.8 Å². The maximum atomic E-state index is 2.20. The highest BCUT2D eigenvalue weighted by Crippen LogP contribution is 2.19. The Labute approximate surface area is 144 Å². The Morgan fingerprint density at radius 2 is 1.12 bits per heavy atom. The van der Waals surface area contributed by atoms with Gasteiger partial charge in [0.15, 0.2) is 0 Å². The van der Waals surface area contributed by atoms with Gasteiger partial charge in [0.2, 0.25) is 0 Å². The van der Waals surface area contributed by atoms with Gasteiger partial charge in [-0.3, -0.25) is 0 Å². The van der Waals surface area contributed by atoms with Gasteiger partial charge in [-0.1, -0.05) is 103 Å². The van der Waals surface area contributed by atoms with Crippen molar-refractivity contribution in [3.05, 3.63) is 108 Å². The smallest absolute Gasteiger partial charge is 0.0155 e. The lowest BCUT2D eigenvalue weighted by atomic mass is 10.0. The van der Waals surface area contributed by atoms with Gasteiger partial charge < -0.3 is 0 Å². The minimum Gasteiger partial charge on any atom is -0.0622 e. The molecule has 4 rings (SSSR count). The van der Waals surface area contributed by atoms with Gasteiger partial charge in [0, 0.05) is 0 Å². The van der Waals surface area contributed by atoms with Crippen molar-refractivity contribution in [3.63, 3.8) is 0 Å². The predicted octanol–water partition coefficient (Wildman–Crippen LogP) is 6.81. The quantitative estimate of drug-likeness (QED) is 0.362. The Balaban J connectivity index is 0.000000143. The fourth-order valence-corrected chi connectivity index (χ4v) is 2.84. The molecule has 0 aromatic heterocycles. The Hall–Kier alpha value is -2.86. The van der Waals surface area contributed by atoms with Crippen LogP contribution < -0.4 is 0 Å². The van der Waals surface area contributed by atoms with E-state index in [1.165, 1.54) is 33.0 Å². The maximum absolute atomic E-state index is 2.20. The van der Waals surface area contributed by atoms with E-state index in [2.05, 4.69) is 105 Å². The molecule has 0 amide bonds. The number of rotatable bonds is 1. The number of aryl methyl sites for hydroxylation is 2. The summed E-state index contributed by atoms with van der Waals surface area (Å²) in [5.74, 6) is 0. The van der Waals surface area contributed by atoms with Crippen molar-refractivity contribution in [3.8, 4) is 11.1 Å². The van der Waals surface area contributed by atoms with Gasteiger partial charge in [0.25, 0.3) is 0 Å². The molecule has 0 aliphatic heterocycles. The standard InChI is InChI=1S/C13H12.C11H10/c1-11-6-5-9-13(10-11)12-7-3-2-4-8-12;1-9-5-4-7-10-6-2-3-8-11(9)10/h2-10H,1H3;2-8H,1H3. The second kappa shape index (κ2) is 7.61. The average molecular weight is 310 g/mol. The molecule has 0 bridgehead atoms. The van der Waals surface area contributed by atoms with Crippen LogP contribution in [0, 0.1) is 13.8 Å². The highest BCUT2D eigenvalue weighted by Gasteiger charge is 1.94. The summed E-state index contributed by atoms with van der Waals surface area (Å²) in [6, 6.07) is 33.8. The van der Waals surface area contributed by atoms with Crippen LogP contribution in [0.15, 0.2) is 97.1 Å². The zero-order valence-electron chi connectivity index (χ0n) is 14.2. The first kappa shape index (κ1) is 16.0. The van der Waals surface area contributed by atoms with Gasteiger partial charge in [0.05, 0.1) is 0 Å².